The fourth-order valence-electron chi connectivity index (χ4n) is 6.30. The van der Waals surface area contributed by atoms with Crippen molar-refractivity contribution in [2.75, 3.05) is 0 Å². The summed E-state index contributed by atoms with van der Waals surface area (Å²) >= 11 is 0. The third-order valence-corrected chi connectivity index (χ3v) is 6.84. The Bertz CT molecular complexity index is 787. The van der Waals surface area contributed by atoms with Crippen molar-refractivity contribution in [2.45, 2.75) is 56.9 Å². The van der Waals surface area contributed by atoms with E-state index >= 15 is 0 Å². The molecule has 0 atom stereocenters. The second kappa shape index (κ2) is 5.52. The summed E-state index contributed by atoms with van der Waals surface area (Å²) in [7, 11) is 0. The van der Waals surface area contributed by atoms with Crippen molar-refractivity contribution in [3.8, 4) is 0 Å². The predicted octanol–water partition coefficient (Wildman–Crippen LogP) is 3.90. The van der Waals surface area contributed by atoms with Gasteiger partial charge in [-0.1, -0.05) is 18.2 Å². The van der Waals surface area contributed by atoms with Crippen LogP contribution in [0.5, 0.6) is 0 Å². The van der Waals surface area contributed by atoms with E-state index in [1.54, 1.807) is 6.20 Å². The van der Waals surface area contributed by atoms with Crippen molar-refractivity contribution in [3.63, 3.8) is 0 Å². The molecular weight excluding hydrogens is 312 g/mol. The quantitative estimate of drug-likeness (QED) is 0.831. The number of aromatic nitrogens is 1. The molecule has 1 aromatic carbocycles. The average Bonchev–Trinajstić information content (AvgIpc) is 2.88. The van der Waals surface area contributed by atoms with Gasteiger partial charge in [-0.05, 0) is 74.3 Å². The number of carbonyl (C=O) groups excluding carboxylic acids is 1. The molecule has 25 heavy (non-hydrogen) atoms. The summed E-state index contributed by atoms with van der Waals surface area (Å²) in [5.41, 5.74) is 1.94. The average molecular weight is 338 g/mol. The van der Waals surface area contributed by atoms with Gasteiger partial charge in [0.25, 0.3) is 0 Å². The van der Waals surface area contributed by atoms with E-state index in [1.165, 1.54) is 43.3 Å². The summed E-state index contributed by atoms with van der Waals surface area (Å²) in [6.45, 7) is 0. The molecule has 0 unspecified atom stereocenters. The lowest BCUT2D eigenvalue weighted by Crippen LogP contribution is -2.59. The number of benzene rings is 1. The molecule has 4 fully saturated rings. The van der Waals surface area contributed by atoms with E-state index in [4.69, 9.17) is 0 Å². The molecule has 0 spiro atoms. The van der Waals surface area contributed by atoms with E-state index in [2.05, 4.69) is 5.32 Å². The maximum Gasteiger partial charge on any atom is 0.220 e. The molecular formula is C21H26N2O2. The zero-order valence-corrected chi connectivity index (χ0v) is 14.6. The Labute approximate surface area is 148 Å². The van der Waals surface area contributed by atoms with Crippen LogP contribution in [0.15, 0.2) is 30.5 Å². The lowest BCUT2D eigenvalue weighted by atomic mass is 9.53. The smallest absolute Gasteiger partial charge is 0.220 e. The SMILES string of the molecule is O=C(CCc1cn(O)c2ccccc12)NC12CC3CC(CC(C3)C1)C2. The van der Waals surface area contributed by atoms with E-state index in [0.717, 1.165) is 34.2 Å². The second-order valence-electron chi connectivity index (χ2n) is 8.76. The van der Waals surface area contributed by atoms with Crippen LogP contribution in [0, 0.1) is 17.8 Å². The molecule has 1 heterocycles. The van der Waals surface area contributed by atoms with Crippen molar-refractivity contribution in [1.29, 1.82) is 0 Å². The van der Waals surface area contributed by atoms with Crippen molar-refractivity contribution >= 4 is 16.8 Å². The Morgan fingerprint density at radius 3 is 2.44 bits per heavy atom. The number of rotatable bonds is 4. The van der Waals surface area contributed by atoms with Gasteiger partial charge in [0.05, 0.1) is 5.52 Å². The van der Waals surface area contributed by atoms with Crippen molar-refractivity contribution in [3.05, 3.63) is 36.0 Å². The zero-order valence-electron chi connectivity index (χ0n) is 14.6. The van der Waals surface area contributed by atoms with Crippen LogP contribution < -0.4 is 5.32 Å². The summed E-state index contributed by atoms with van der Waals surface area (Å²) < 4.78 is 1.17. The topological polar surface area (TPSA) is 54.3 Å². The highest BCUT2D eigenvalue weighted by molar-refractivity contribution is 5.84. The van der Waals surface area contributed by atoms with Crippen molar-refractivity contribution in [2.24, 2.45) is 17.8 Å². The van der Waals surface area contributed by atoms with Gasteiger partial charge in [-0.3, -0.25) is 4.79 Å². The molecule has 2 aromatic rings. The van der Waals surface area contributed by atoms with Gasteiger partial charge in [-0.2, -0.15) is 4.73 Å². The minimum absolute atomic E-state index is 0.0941. The van der Waals surface area contributed by atoms with Gasteiger partial charge >= 0.3 is 0 Å². The number of fused-ring (bicyclic) bond motifs is 1. The number of aryl methyl sites for hydroxylation is 1. The summed E-state index contributed by atoms with van der Waals surface area (Å²) in [4.78, 5) is 12.7. The molecule has 0 aliphatic heterocycles. The van der Waals surface area contributed by atoms with Crippen molar-refractivity contribution < 1.29 is 10.0 Å². The Hall–Kier alpha value is -1.97. The molecule has 0 saturated heterocycles. The highest BCUT2D eigenvalue weighted by atomic mass is 16.5. The number of para-hydroxylation sites is 1. The van der Waals surface area contributed by atoms with Gasteiger partial charge in [-0.15, -0.1) is 0 Å². The number of amides is 1. The van der Waals surface area contributed by atoms with Gasteiger partial charge in [0, 0.05) is 23.5 Å². The van der Waals surface area contributed by atoms with Gasteiger partial charge in [0.1, 0.15) is 0 Å². The number of nitrogens with zero attached hydrogens (tertiary/aromatic N) is 1. The molecule has 4 nitrogen and oxygen atoms in total. The fourth-order valence-corrected chi connectivity index (χ4v) is 6.30. The number of hydrogen-bond donors (Lipinski definition) is 2. The number of hydrogen-bond acceptors (Lipinski definition) is 2. The standard InChI is InChI=1S/C21H26N2O2/c24-20(6-5-17-13-23(25)19-4-2-1-3-18(17)19)22-21-10-14-7-15(11-21)9-16(8-14)12-21/h1-4,13-16,25H,5-12H2,(H,22,24). The fraction of sp³-hybridized carbons (Fsp3) is 0.571. The van der Waals surface area contributed by atoms with Crippen LogP contribution in [-0.4, -0.2) is 21.4 Å². The van der Waals surface area contributed by atoms with Crippen LogP contribution in [-0.2, 0) is 11.2 Å². The van der Waals surface area contributed by atoms with Crippen LogP contribution in [0.3, 0.4) is 0 Å². The molecule has 4 aliphatic rings. The third kappa shape index (κ3) is 2.62. The lowest BCUT2D eigenvalue weighted by Gasteiger charge is -2.56. The maximum absolute atomic E-state index is 12.7. The number of nitrogens with one attached hydrogen (secondary N) is 1. The van der Waals surface area contributed by atoms with E-state index < -0.39 is 0 Å². The number of carbonyl (C=O) groups is 1. The van der Waals surface area contributed by atoms with Crippen LogP contribution in [0.4, 0.5) is 0 Å². The molecule has 132 valence electrons. The van der Waals surface area contributed by atoms with Gasteiger partial charge in [0.15, 0.2) is 0 Å². The molecule has 1 amide bonds. The molecule has 1 aromatic heterocycles. The first kappa shape index (κ1) is 15.3. The van der Waals surface area contributed by atoms with E-state index in [1.807, 2.05) is 24.3 Å². The summed E-state index contributed by atoms with van der Waals surface area (Å²) in [6, 6.07) is 7.79. The van der Waals surface area contributed by atoms with Crippen LogP contribution in [0.2, 0.25) is 0 Å². The molecule has 4 aliphatic carbocycles. The largest absolute Gasteiger partial charge is 0.428 e. The summed E-state index contributed by atoms with van der Waals surface area (Å²) in [5, 5.41) is 14.5. The molecule has 2 N–H and O–H groups in total. The predicted molar refractivity (Wildman–Crippen MR) is 96.5 cm³/mol. The molecule has 0 radical (unpaired) electrons. The maximum atomic E-state index is 12.7. The molecule has 4 saturated carbocycles. The molecule has 6 rings (SSSR count). The van der Waals surface area contributed by atoms with E-state index in [9.17, 15) is 10.0 Å². The van der Waals surface area contributed by atoms with Crippen LogP contribution >= 0.6 is 0 Å². The van der Waals surface area contributed by atoms with Gasteiger partial charge < -0.3 is 10.5 Å². The molecule has 4 heteroatoms. The third-order valence-electron chi connectivity index (χ3n) is 6.84. The van der Waals surface area contributed by atoms with Crippen LogP contribution in [0.1, 0.15) is 50.5 Å². The van der Waals surface area contributed by atoms with Crippen LogP contribution in [0.25, 0.3) is 10.9 Å². The van der Waals surface area contributed by atoms with Gasteiger partial charge in [0.2, 0.25) is 5.91 Å². The van der Waals surface area contributed by atoms with Gasteiger partial charge in [-0.25, -0.2) is 0 Å². The van der Waals surface area contributed by atoms with E-state index in [-0.39, 0.29) is 11.4 Å². The first-order chi connectivity index (χ1) is 12.1. The second-order valence-corrected chi connectivity index (χ2v) is 8.76. The minimum atomic E-state index is 0.0941. The first-order valence-electron chi connectivity index (χ1n) is 9.69. The molecule has 4 bridgehead atoms. The lowest BCUT2D eigenvalue weighted by molar-refractivity contribution is -0.126. The zero-order chi connectivity index (χ0) is 17.0. The summed E-state index contributed by atoms with van der Waals surface area (Å²) in [5.74, 6) is 2.72. The highest BCUT2D eigenvalue weighted by Gasteiger charge is 2.51. The Balaban J connectivity index is 1.27. The Kier molecular flexibility index (Phi) is 3.37. The first-order valence-corrected chi connectivity index (χ1v) is 9.69. The highest BCUT2D eigenvalue weighted by Crippen LogP contribution is 2.55. The van der Waals surface area contributed by atoms with E-state index in [0.29, 0.717) is 12.8 Å². The van der Waals surface area contributed by atoms with Crippen molar-refractivity contribution in [1.82, 2.24) is 10.0 Å². The Morgan fingerprint density at radius 2 is 1.76 bits per heavy atom. The summed E-state index contributed by atoms with van der Waals surface area (Å²) in [6.07, 6.45) is 10.7. The normalized spacial score (nSPS) is 33.0. The minimum Gasteiger partial charge on any atom is -0.428 e. The monoisotopic (exact) mass is 338 g/mol. The Morgan fingerprint density at radius 1 is 1.12 bits per heavy atom.